The molecule has 26 heavy (non-hydrogen) atoms. The molecule has 0 aromatic carbocycles. The highest BCUT2D eigenvalue weighted by Crippen LogP contribution is 2.13. The molecular formula is C23H46OSSi. The Kier molecular flexibility index (Phi) is 18.5. The van der Waals surface area contributed by atoms with Crippen molar-refractivity contribution in [1.29, 1.82) is 0 Å². The van der Waals surface area contributed by atoms with E-state index in [2.05, 4.69) is 45.3 Å². The lowest BCUT2D eigenvalue weighted by molar-refractivity contribution is 0.0920. The third kappa shape index (κ3) is 20.4. The summed E-state index contributed by atoms with van der Waals surface area (Å²) in [7, 11) is -1.16. The smallest absolute Gasteiger partial charge is 0.132 e. The zero-order valence-corrected chi connectivity index (χ0v) is 20.3. The van der Waals surface area contributed by atoms with Gasteiger partial charge in [-0.05, 0) is 38.5 Å². The third-order valence-corrected chi connectivity index (χ3v) is 8.48. The number of ether oxygens (including phenoxy) is 1. The van der Waals surface area contributed by atoms with Crippen molar-refractivity contribution < 1.29 is 4.74 Å². The van der Waals surface area contributed by atoms with Gasteiger partial charge < -0.3 is 4.74 Å². The molecule has 0 aromatic heterocycles. The van der Waals surface area contributed by atoms with Gasteiger partial charge >= 0.3 is 0 Å². The lowest BCUT2D eigenvalue weighted by Crippen LogP contribution is -2.21. The van der Waals surface area contributed by atoms with Gasteiger partial charge in [-0.1, -0.05) is 71.4 Å². The van der Waals surface area contributed by atoms with Crippen LogP contribution in [0.2, 0.25) is 19.1 Å². The molecule has 0 atom stereocenters. The molecule has 3 heteroatoms. The van der Waals surface area contributed by atoms with E-state index < -0.39 is 8.07 Å². The van der Waals surface area contributed by atoms with Crippen LogP contribution in [0, 0.1) is 11.5 Å². The van der Waals surface area contributed by atoms with Crippen molar-refractivity contribution in [2.45, 2.75) is 117 Å². The van der Waals surface area contributed by atoms with Gasteiger partial charge in [0, 0.05) is 12.2 Å². The average Bonchev–Trinajstić information content (AvgIpc) is 2.60. The van der Waals surface area contributed by atoms with Gasteiger partial charge in [-0.3, -0.25) is 0 Å². The second kappa shape index (κ2) is 18.5. The second-order valence-corrected chi connectivity index (χ2v) is 14.3. The van der Waals surface area contributed by atoms with Gasteiger partial charge in [0.1, 0.15) is 8.07 Å². The summed E-state index contributed by atoms with van der Waals surface area (Å²) in [5.41, 5.74) is 3.54. The summed E-state index contributed by atoms with van der Waals surface area (Å²) >= 11 is 2.05. The van der Waals surface area contributed by atoms with Crippen LogP contribution < -0.4 is 0 Å². The maximum Gasteiger partial charge on any atom is 0.132 e. The van der Waals surface area contributed by atoms with Crippen LogP contribution >= 0.6 is 11.8 Å². The Labute approximate surface area is 170 Å². The monoisotopic (exact) mass is 398 g/mol. The Bertz CT molecular complexity index is 357. The van der Waals surface area contributed by atoms with Gasteiger partial charge in [0.25, 0.3) is 0 Å². The van der Waals surface area contributed by atoms with Crippen molar-refractivity contribution in [2.75, 3.05) is 18.1 Å². The minimum absolute atomic E-state index is 0.379. The normalized spacial score (nSPS) is 11.6. The Balaban J connectivity index is 3.16. The SMILES string of the molecule is CC[Si](C)(C)C#CCCCCCCCCCCCCSCCOC(C)C. The van der Waals surface area contributed by atoms with E-state index in [0.717, 1.165) is 18.8 Å². The zero-order valence-electron chi connectivity index (χ0n) is 18.5. The Hall–Kier alpha value is 0.0869. The summed E-state index contributed by atoms with van der Waals surface area (Å²) in [5, 5.41) is 0. The van der Waals surface area contributed by atoms with Crippen molar-refractivity contribution in [3.63, 3.8) is 0 Å². The Morgan fingerprint density at radius 3 is 1.88 bits per heavy atom. The van der Waals surface area contributed by atoms with Crippen LogP contribution in [0.3, 0.4) is 0 Å². The molecule has 0 radical (unpaired) electrons. The number of unbranched alkanes of at least 4 members (excludes halogenated alkanes) is 10. The molecule has 0 saturated heterocycles. The first-order valence-electron chi connectivity index (χ1n) is 11.2. The van der Waals surface area contributed by atoms with E-state index in [1.54, 1.807) is 0 Å². The number of rotatable bonds is 17. The molecule has 0 amide bonds. The first kappa shape index (κ1) is 26.1. The first-order valence-corrected chi connectivity index (χ1v) is 15.5. The highest BCUT2D eigenvalue weighted by Gasteiger charge is 2.13. The highest BCUT2D eigenvalue weighted by molar-refractivity contribution is 7.99. The Morgan fingerprint density at radius 2 is 1.35 bits per heavy atom. The maximum absolute atomic E-state index is 5.55. The minimum atomic E-state index is -1.16. The van der Waals surface area contributed by atoms with Gasteiger partial charge in [0.15, 0.2) is 0 Å². The summed E-state index contributed by atoms with van der Waals surface area (Å²) in [6.45, 7) is 12.2. The van der Waals surface area contributed by atoms with Crippen LogP contribution in [0.5, 0.6) is 0 Å². The van der Waals surface area contributed by atoms with Gasteiger partial charge in [-0.15, -0.1) is 11.5 Å². The van der Waals surface area contributed by atoms with Crippen LogP contribution in [0.4, 0.5) is 0 Å². The molecule has 0 rings (SSSR count). The molecule has 0 saturated carbocycles. The summed E-state index contributed by atoms with van der Waals surface area (Å²) < 4.78 is 5.55. The minimum Gasteiger partial charge on any atom is -0.378 e. The van der Waals surface area contributed by atoms with E-state index in [4.69, 9.17) is 4.74 Å². The molecule has 0 spiro atoms. The molecule has 0 fully saturated rings. The number of hydrogen-bond acceptors (Lipinski definition) is 2. The standard InChI is InChI=1S/C23H46OSSi/c1-6-26(4,5)22-18-16-14-12-10-8-7-9-11-13-15-17-20-25-21-19-24-23(2)3/h23H,6-17,19-21H2,1-5H3. The van der Waals surface area contributed by atoms with Crippen molar-refractivity contribution in [3.8, 4) is 11.5 Å². The fourth-order valence-corrected chi connectivity index (χ4v) is 4.27. The molecular weight excluding hydrogens is 352 g/mol. The van der Waals surface area contributed by atoms with Gasteiger partial charge in [-0.25, -0.2) is 0 Å². The van der Waals surface area contributed by atoms with Gasteiger partial charge in [0.05, 0.1) is 12.7 Å². The first-order chi connectivity index (χ1) is 12.5. The molecule has 0 N–H and O–H groups in total. The quantitative estimate of drug-likeness (QED) is 0.141. The molecule has 1 nitrogen and oxygen atoms in total. The van der Waals surface area contributed by atoms with Gasteiger partial charge in [-0.2, -0.15) is 11.8 Å². The summed E-state index contributed by atoms with van der Waals surface area (Å²) in [6, 6.07) is 1.28. The van der Waals surface area contributed by atoms with E-state index in [9.17, 15) is 0 Å². The molecule has 0 bridgehead atoms. The molecule has 154 valence electrons. The molecule has 0 unspecified atom stereocenters. The lowest BCUT2D eigenvalue weighted by Gasteiger charge is -2.09. The summed E-state index contributed by atoms with van der Waals surface area (Å²) in [6.07, 6.45) is 15.5. The van der Waals surface area contributed by atoms with Crippen molar-refractivity contribution in [3.05, 3.63) is 0 Å². The third-order valence-electron chi connectivity index (χ3n) is 4.83. The maximum atomic E-state index is 5.55. The fourth-order valence-electron chi connectivity index (χ4n) is 2.67. The van der Waals surface area contributed by atoms with Crippen LogP contribution in [-0.4, -0.2) is 32.3 Å². The topological polar surface area (TPSA) is 9.23 Å². The second-order valence-electron chi connectivity index (χ2n) is 8.36. The fraction of sp³-hybridized carbons (Fsp3) is 0.913. The molecule has 0 aliphatic carbocycles. The molecule has 0 aliphatic rings. The summed E-state index contributed by atoms with van der Waals surface area (Å²) in [5.74, 6) is 5.89. The van der Waals surface area contributed by atoms with E-state index in [1.807, 2.05) is 11.8 Å². The number of thioether (sulfide) groups is 1. The van der Waals surface area contributed by atoms with Gasteiger partial charge in [0.2, 0.25) is 0 Å². The average molecular weight is 399 g/mol. The lowest BCUT2D eigenvalue weighted by atomic mass is 10.1. The van der Waals surface area contributed by atoms with Crippen molar-refractivity contribution >= 4 is 19.8 Å². The van der Waals surface area contributed by atoms with E-state index in [1.165, 1.54) is 76.0 Å². The zero-order chi connectivity index (χ0) is 19.5. The molecule has 0 aromatic rings. The van der Waals surface area contributed by atoms with E-state index >= 15 is 0 Å². The summed E-state index contributed by atoms with van der Waals surface area (Å²) in [4.78, 5) is 0. The van der Waals surface area contributed by atoms with Crippen molar-refractivity contribution in [1.82, 2.24) is 0 Å². The van der Waals surface area contributed by atoms with E-state index in [0.29, 0.717) is 6.10 Å². The van der Waals surface area contributed by atoms with E-state index in [-0.39, 0.29) is 0 Å². The van der Waals surface area contributed by atoms with Crippen molar-refractivity contribution in [2.24, 2.45) is 0 Å². The largest absolute Gasteiger partial charge is 0.378 e. The molecule has 0 heterocycles. The predicted molar refractivity (Wildman–Crippen MR) is 125 cm³/mol. The van der Waals surface area contributed by atoms with Crippen LogP contribution in [0.1, 0.15) is 91.4 Å². The van der Waals surface area contributed by atoms with Crippen LogP contribution in [-0.2, 0) is 4.74 Å². The Morgan fingerprint density at radius 1 is 0.808 bits per heavy atom. The predicted octanol–water partition coefficient (Wildman–Crippen LogP) is 7.71. The van der Waals surface area contributed by atoms with Crippen LogP contribution in [0.15, 0.2) is 0 Å². The number of hydrogen-bond donors (Lipinski definition) is 0. The highest BCUT2D eigenvalue weighted by atomic mass is 32.2. The molecule has 0 aliphatic heterocycles. The van der Waals surface area contributed by atoms with Crippen LogP contribution in [0.25, 0.3) is 0 Å².